The van der Waals surface area contributed by atoms with Gasteiger partial charge < -0.3 is 4.74 Å². The van der Waals surface area contributed by atoms with Gasteiger partial charge in [0, 0.05) is 0 Å². The molecule has 0 spiro atoms. The number of ether oxygens (including phenoxy) is 1. The number of hydrogen-bond acceptors (Lipinski definition) is 2. The van der Waals surface area contributed by atoms with Gasteiger partial charge in [0.25, 0.3) is 0 Å². The predicted molar refractivity (Wildman–Crippen MR) is 115 cm³/mol. The summed E-state index contributed by atoms with van der Waals surface area (Å²) in [6, 6.07) is 0. The Morgan fingerprint density at radius 2 is 1.71 bits per heavy atom. The van der Waals surface area contributed by atoms with Crippen LogP contribution in [0.2, 0.25) is 0 Å². The van der Waals surface area contributed by atoms with Gasteiger partial charge in [0.1, 0.15) is 5.60 Å². The second-order valence-electron chi connectivity index (χ2n) is 12.2. The van der Waals surface area contributed by atoms with Crippen LogP contribution in [0.25, 0.3) is 0 Å². The van der Waals surface area contributed by atoms with Crippen molar-refractivity contribution in [2.45, 2.75) is 111 Å². The van der Waals surface area contributed by atoms with E-state index < -0.39 is 0 Å². The Kier molecular flexibility index (Phi) is 5.20. The van der Waals surface area contributed by atoms with Crippen molar-refractivity contribution in [3.8, 4) is 0 Å². The molecule has 5 saturated carbocycles. The minimum atomic E-state index is -0.210. The molecule has 6 atom stereocenters. The van der Waals surface area contributed by atoms with E-state index in [2.05, 4.69) is 41.5 Å². The van der Waals surface area contributed by atoms with Crippen LogP contribution in [0.4, 0.5) is 0 Å². The first kappa shape index (κ1) is 20.7. The Labute approximate surface area is 173 Å². The van der Waals surface area contributed by atoms with Crippen molar-refractivity contribution in [2.24, 2.45) is 46.3 Å². The van der Waals surface area contributed by atoms with Gasteiger partial charge in [-0.25, -0.2) is 0 Å². The number of carbonyl (C=O) groups is 1. The number of esters is 1. The van der Waals surface area contributed by atoms with Gasteiger partial charge in [0.05, 0.1) is 5.92 Å². The molecule has 0 aliphatic heterocycles. The molecule has 5 aliphatic carbocycles. The Bertz CT molecular complexity index is 596. The fourth-order valence-corrected chi connectivity index (χ4v) is 8.46. The van der Waals surface area contributed by atoms with Crippen LogP contribution in [0.3, 0.4) is 0 Å². The molecule has 0 amide bonds. The molecule has 0 heterocycles. The van der Waals surface area contributed by atoms with Crippen molar-refractivity contribution in [1.29, 1.82) is 0 Å². The van der Waals surface area contributed by atoms with Crippen molar-refractivity contribution in [3.63, 3.8) is 0 Å². The third-order valence-corrected chi connectivity index (χ3v) is 10.3. The largest absolute Gasteiger partial charge is 0.458 e. The van der Waals surface area contributed by atoms with Crippen LogP contribution in [0.1, 0.15) is 106 Å². The predicted octanol–water partition coefficient (Wildman–Crippen LogP) is 7.01. The van der Waals surface area contributed by atoms with Crippen molar-refractivity contribution in [1.82, 2.24) is 0 Å². The molecule has 2 nitrogen and oxygen atoms in total. The maximum absolute atomic E-state index is 13.8. The van der Waals surface area contributed by atoms with Crippen LogP contribution < -0.4 is 0 Å². The summed E-state index contributed by atoms with van der Waals surface area (Å²) in [5, 5.41) is 0. The third-order valence-electron chi connectivity index (χ3n) is 10.3. The second-order valence-corrected chi connectivity index (χ2v) is 12.2. The molecule has 4 bridgehead atoms. The molecule has 0 aromatic rings. The molecular formula is C26H44O2. The molecule has 6 unspecified atom stereocenters. The zero-order valence-electron chi connectivity index (χ0n) is 19.4. The number of rotatable bonds is 4. The first-order valence-electron chi connectivity index (χ1n) is 12.4. The lowest BCUT2D eigenvalue weighted by Crippen LogP contribution is -2.58. The maximum Gasteiger partial charge on any atom is 0.310 e. The van der Waals surface area contributed by atoms with Gasteiger partial charge in [-0.15, -0.1) is 0 Å². The average Bonchev–Trinajstić information content (AvgIpc) is 2.64. The SMILES string of the molecule is CCC1(OC(=O)C2CC3(C)CCC2(C(C)C)CC3)C(C)CC2CC(C)CC1C2. The normalized spacial score (nSPS) is 50.6. The highest BCUT2D eigenvalue weighted by molar-refractivity contribution is 5.74. The Hall–Kier alpha value is -0.530. The summed E-state index contributed by atoms with van der Waals surface area (Å²) in [5.41, 5.74) is 0.338. The van der Waals surface area contributed by atoms with Gasteiger partial charge in [-0.3, -0.25) is 4.79 Å². The monoisotopic (exact) mass is 388 g/mol. The lowest BCUT2D eigenvalue weighted by Gasteiger charge is -2.59. The van der Waals surface area contributed by atoms with E-state index in [9.17, 15) is 4.79 Å². The zero-order valence-corrected chi connectivity index (χ0v) is 19.4. The highest BCUT2D eigenvalue weighted by Gasteiger charge is 2.59. The molecule has 0 N–H and O–H groups in total. The van der Waals surface area contributed by atoms with Crippen LogP contribution in [0.5, 0.6) is 0 Å². The standard InChI is InChI=1S/C26H44O2/c1-7-26(19(5)14-20-12-18(4)13-21(26)15-20)28-23(27)22-16-24(6)8-10-25(22,11-9-24)17(2)3/h17-22H,7-16H2,1-6H3. The molecule has 160 valence electrons. The minimum absolute atomic E-state index is 0.120. The fourth-order valence-electron chi connectivity index (χ4n) is 8.46. The summed E-state index contributed by atoms with van der Waals surface area (Å²) in [5.74, 6) is 3.57. The van der Waals surface area contributed by atoms with E-state index >= 15 is 0 Å². The number of fused-ring (bicyclic) bond motifs is 5. The third kappa shape index (κ3) is 3.07. The lowest BCUT2D eigenvalue weighted by molar-refractivity contribution is -0.210. The molecule has 0 aromatic heterocycles. The molecule has 5 aliphatic rings. The molecule has 2 heteroatoms. The maximum atomic E-state index is 13.8. The van der Waals surface area contributed by atoms with Crippen LogP contribution in [-0.2, 0) is 9.53 Å². The van der Waals surface area contributed by atoms with Gasteiger partial charge in [0.15, 0.2) is 0 Å². The van der Waals surface area contributed by atoms with Crippen molar-refractivity contribution < 1.29 is 9.53 Å². The highest BCUT2D eigenvalue weighted by Crippen LogP contribution is 2.63. The fraction of sp³-hybridized carbons (Fsp3) is 0.962. The topological polar surface area (TPSA) is 26.3 Å². The van der Waals surface area contributed by atoms with E-state index in [0.29, 0.717) is 23.2 Å². The summed E-state index contributed by atoms with van der Waals surface area (Å²) in [7, 11) is 0. The first-order valence-corrected chi connectivity index (χ1v) is 12.4. The number of carbonyl (C=O) groups excluding carboxylic acids is 1. The first-order chi connectivity index (χ1) is 13.1. The van der Waals surface area contributed by atoms with Crippen LogP contribution in [0.15, 0.2) is 0 Å². The van der Waals surface area contributed by atoms with Gasteiger partial charge in [-0.1, -0.05) is 41.5 Å². The Morgan fingerprint density at radius 1 is 1.04 bits per heavy atom. The molecule has 0 saturated heterocycles. The van der Waals surface area contributed by atoms with Crippen LogP contribution in [0, 0.1) is 46.3 Å². The van der Waals surface area contributed by atoms with E-state index in [1.165, 1.54) is 51.4 Å². The Balaban J connectivity index is 1.60. The summed E-state index contributed by atoms with van der Waals surface area (Å²) in [4.78, 5) is 13.8. The summed E-state index contributed by atoms with van der Waals surface area (Å²) >= 11 is 0. The lowest BCUT2D eigenvalue weighted by atomic mass is 9.46. The van der Waals surface area contributed by atoms with E-state index in [1.807, 2.05) is 0 Å². The van der Waals surface area contributed by atoms with E-state index in [4.69, 9.17) is 4.74 Å². The quantitative estimate of drug-likeness (QED) is 0.484. The van der Waals surface area contributed by atoms with Gasteiger partial charge in [-0.2, -0.15) is 0 Å². The molecule has 5 rings (SSSR count). The average molecular weight is 389 g/mol. The zero-order chi connectivity index (χ0) is 20.3. The molecule has 0 radical (unpaired) electrons. The minimum Gasteiger partial charge on any atom is -0.458 e. The van der Waals surface area contributed by atoms with Crippen LogP contribution >= 0.6 is 0 Å². The van der Waals surface area contributed by atoms with Crippen molar-refractivity contribution in [3.05, 3.63) is 0 Å². The molecular weight excluding hydrogens is 344 g/mol. The van der Waals surface area contributed by atoms with Crippen LogP contribution in [-0.4, -0.2) is 11.6 Å². The molecule has 0 aromatic carbocycles. The van der Waals surface area contributed by atoms with Gasteiger partial charge >= 0.3 is 5.97 Å². The summed E-state index contributed by atoms with van der Waals surface area (Å²) in [6.45, 7) is 14.2. The van der Waals surface area contributed by atoms with Gasteiger partial charge in [0.2, 0.25) is 0 Å². The summed E-state index contributed by atoms with van der Waals surface area (Å²) < 4.78 is 6.75. The molecule has 5 fully saturated rings. The Morgan fingerprint density at radius 3 is 2.32 bits per heavy atom. The van der Waals surface area contributed by atoms with Crippen molar-refractivity contribution >= 4 is 5.97 Å². The van der Waals surface area contributed by atoms with E-state index in [1.54, 1.807) is 0 Å². The molecule has 28 heavy (non-hydrogen) atoms. The van der Waals surface area contributed by atoms with E-state index in [0.717, 1.165) is 24.7 Å². The van der Waals surface area contributed by atoms with Crippen molar-refractivity contribution in [2.75, 3.05) is 0 Å². The smallest absolute Gasteiger partial charge is 0.310 e. The number of hydrogen-bond donors (Lipinski definition) is 0. The van der Waals surface area contributed by atoms with E-state index in [-0.39, 0.29) is 22.9 Å². The summed E-state index contributed by atoms with van der Waals surface area (Å²) in [6.07, 6.45) is 12.2. The highest BCUT2D eigenvalue weighted by atomic mass is 16.6. The second kappa shape index (κ2) is 7.02. The van der Waals surface area contributed by atoms with Gasteiger partial charge in [-0.05, 0) is 105 Å².